The summed E-state index contributed by atoms with van der Waals surface area (Å²) in [6.45, 7) is 0. The highest BCUT2D eigenvalue weighted by atomic mass is 32.2. The number of benzene rings is 2. The van der Waals surface area contributed by atoms with Gasteiger partial charge in [-0.1, -0.05) is 12.1 Å². The Labute approximate surface area is 130 Å². The van der Waals surface area contributed by atoms with Gasteiger partial charge in [-0.05, 0) is 29.8 Å². The topological polar surface area (TPSA) is 127 Å². The molecule has 0 heterocycles. The Kier molecular flexibility index (Phi) is 4.51. The van der Waals surface area contributed by atoms with E-state index in [-0.39, 0.29) is 16.1 Å². The molecule has 0 aliphatic heterocycles. The van der Waals surface area contributed by atoms with Crippen molar-refractivity contribution in [3.63, 3.8) is 0 Å². The van der Waals surface area contributed by atoms with Crippen molar-refractivity contribution < 1.29 is 23.2 Å². The molecule has 2 aromatic carbocycles. The summed E-state index contributed by atoms with van der Waals surface area (Å²) in [4.78, 5) is 20.4. The van der Waals surface area contributed by atoms with Crippen molar-refractivity contribution in [2.24, 2.45) is 4.40 Å². The number of nitro groups is 1. The zero-order chi connectivity index (χ0) is 17.0. The fraction of sp³-hybridized carbons (Fsp3) is 0. The van der Waals surface area contributed by atoms with Crippen LogP contribution in [0.5, 0.6) is 0 Å². The van der Waals surface area contributed by atoms with E-state index in [2.05, 4.69) is 4.40 Å². The Hall–Kier alpha value is -3.07. The van der Waals surface area contributed by atoms with Gasteiger partial charge in [-0.3, -0.25) is 10.1 Å². The summed E-state index contributed by atoms with van der Waals surface area (Å²) in [6.07, 6.45) is 1.07. The fourth-order valence-corrected chi connectivity index (χ4v) is 2.50. The number of sulfonamides is 1. The van der Waals surface area contributed by atoms with Crippen molar-refractivity contribution in [1.82, 2.24) is 0 Å². The number of rotatable bonds is 5. The maximum absolute atomic E-state index is 12.0. The second-order valence-electron chi connectivity index (χ2n) is 4.39. The summed E-state index contributed by atoms with van der Waals surface area (Å²) in [6, 6.07) is 9.81. The normalized spacial score (nSPS) is 11.5. The highest BCUT2D eigenvalue weighted by Crippen LogP contribution is 2.17. The summed E-state index contributed by atoms with van der Waals surface area (Å²) in [7, 11) is -4.00. The van der Waals surface area contributed by atoms with Gasteiger partial charge in [0.1, 0.15) is 0 Å². The lowest BCUT2D eigenvalue weighted by Gasteiger charge is -1.99. The lowest BCUT2D eigenvalue weighted by atomic mass is 10.1. The van der Waals surface area contributed by atoms with Crippen LogP contribution in [0.3, 0.4) is 0 Å². The molecular formula is C14H10N2O6S. The molecule has 0 saturated carbocycles. The average Bonchev–Trinajstić information content (AvgIpc) is 2.53. The minimum Gasteiger partial charge on any atom is -0.478 e. The predicted octanol–water partition coefficient (Wildman–Crippen LogP) is 2.10. The first kappa shape index (κ1) is 16.3. The van der Waals surface area contributed by atoms with Crippen LogP contribution >= 0.6 is 0 Å². The van der Waals surface area contributed by atoms with Crippen LogP contribution in [0.2, 0.25) is 0 Å². The molecule has 0 atom stereocenters. The molecule has 0 saturated heterocycles. The molecule has 1 N–H and O–H groups in total. The molecule has 0 aliphatic rings. The maximum Gasteiger partial charge on any atom is 0.335 e. The largest absolute Gasteiger partial charge is 0.478 e. The van der Waals surface area contributed by atoms with E-state index in [0.29, 0.717) is 5.56 Å². The summed E-state index contributed by atoms with van der Waals surface area (Å²) in [5.74, 6) is -1.09. The van der Waals surface area contributed by atoms with Crippen LogP contribution in [0.1, 0.15) is 15.9 Å². The molecule has 0 spiro atoms. The summed E-state index contributed by atoms with van der Waals surface area (Å²) >= 11 is 0. The van der Waals surface area contributed by atoms with E-state index in [1.54, 1.807) is 0 Å². The van der Waals surface area contributed by atoms with E-state index in [9.17, 15) is 23.3 Å². The second-order valence-corrected chi connectivity index (χ2v) is 6.02. The van der Waals surface area contributed by atoms with Crippen molar-refractivity contribution >= 4 is 27.9 Å². The third-order valence-corrected chi connectivity index (χ3v) is 4.09. The number of aromatic carboxylic acids is 1. The first-order valence-corrected chi connectivity index (χ1v) is 7.62. The van der Waals surface area contributed by atoms with Gasteiger partial charge in [-0.25, -0.2) is 4.79 Å². The van der Waals surface area contributed by atoms with Gasteiger partial charge >= 0.3 is 5.97 Å². The number of carbonyl (C=O) groups is 1. The summed E-state index contributed by atoms with van der Waals surface area (Å²) in [5, 5.41) is 19.3. The first-order chi connectivity index (χ1) is 10.8. The highest BCUT2D eigenvalue weighted by molar-refractivity contribution is 7.90. The van der Waals surface area contributed by atoms with Gasteiger partial charge in [0.15, 0.2) is 0 Å². The van der Waals surface area contributed by atoms with E-state index in [1.165, 1.54) is 24.3 Å². The Morgan fingerprint density at radius 1 is 1.09 bits per heavy atom. The molecule has 0 bridgehead atoms. The van der Waals surface area contributed by atoms with E-state index >= 15 is 0 Å². The lowest BCUT2D eigenvalue weighted by molar-refractivity contribution is -0.384. The second kappa shape index (κ2) is 6.36. The fourth-order valence-electron chi connectivity index (χ4n) is 1.64. The number of nitro benzene ring substituents is 1. The number of non-ortho nitro benzene ring substituents is 1. The number of nitrogens with zero attached hydrogens (tertiary/aromatic N) is 2. The first-order valence-electron chi connectivity index (χ1n) is 6.18. The quantitative estimate of drug-likeness (QED) is 0.507. The molecule has 0 amide bonds. The van der Waals surface area contributed by atoms with E-state index < -0.39 is 20.9 Å². The third kappa shape index (κ3) is 3.98. The van der Waals surface area contributed by atoms with Crippen LogP contribution in [-0.4, -0.2) is 30.6 Å². The zero-order valence-corrected chi connectivity index (χ0v) is 12.3. The van der Waals surface area contributed by atoms with E-state index in [1.807, 2.05) is 0 Å². The lowest BCUT2D eigenvalue weighted by Crippen LogP contribution is -1.99. The molecule has 0 aromatic heterocycles. The Morgan fingerprint density at radius 2 is 1.65 bits per heavy atom. The summed E-state index contributed by atoms with van der Waals surface area (Å²) < 4.78 is 27.5. The molecule has 0 fully saturated rings. The van der Waals surface area contributed by atoms with Crippen molar-refractivity contribution in [3.8, 4) is 0 Å². The van der Waals surface area contributed by atoms with Gasteiger partial charge < -0.3 is 5.11 Å². The van der Waals surface area contributed by atoms with Crippen LogP contribution in [0.25, 0.3) is 0 Å². The highest BCUT2D eigenvalue weighted by Gasteiger charge is 2.14. The Bertz CT molecular complexity index is 870. The van der Waals surface area contributed by atoms with Crippen molar-refractivity contribution in [3.05, 3.63) is 69.8 Å². The zero-order valence-electron chi connectivity index (χ0n) is 11.5. The average molecular weight is 334 g/mol. The molecule has 118 valence electrons. The molecule has 0 aliphatic carbocycles. The summed E-state index contributed by atoms with van der Waals surface area (Å²) in [5.41, 5.74) is 0.248. The van der Waals surface area contributed by atoms with Crippen LogP contribution in [-0.2, 0) is 10.0 Å². The van der Waals surface area contributed by atoms with Crippen LogP contribution in [0.4, 0.5) is 5.69 Å². The predicted molar refractivity (Wildman–Crippen MR) is 81.3 cm³/mol. The molecule has 2 rings (SSSR count). The smallest absolute Gasteiger partial charge is 0.335 e. The van der Waals surface area contributed by atoms with Gasteiger partial charge in [-0.15, -0.1) is 0 Å². The standard InChI is InChI=1S/C14H10N2O6S/c17-14(18)11-3-1-10(2-4-11)9-15-23(21,22)13-7-5-12(6-8-13)16(19)20/h1-9H,(H,17,18). The third-order valence-electron chi connectivity index (χ3n) is 2.84. The van der Waals surface area contributed by atoms with Crippen LogP contribution in [0, 0.1) is 10.1 Å². The maximum atomic E-state index is 12.0. The molecule has 2 aromatic rings. The van der Waals surface area contributed by atoms with Crippen molar-refractivity contribution in [1.29, 1.82) is 0 Å². The molecule has 0 radical (unpaired) electrons. The molecule has 23 heavy (non-hydrogen) atoms. The number of carboxylic acid groups (broad SMARTS) is 1. The minimum absolute atomic E-state index is 0.0698. The molecule has 0 unspecified atom stereocenters. The Morgan fingerprint density at radius 3 is 2.13 bits per heavy atom. The van der Waals surface area contributed by atoms with Crippen molar-refractivity contribution in [2.75, 3.05) is 0 Å². The number of carboxylic acids is 1. The van der Waals surface area contributed by atoms with E-state index in [4.69, 9.17) is 5.11 Å². The minimum atomic E-state index is -4.00. The monoisotopic (exact) mass is 334 g/mol. The van der Waals surface area contributed by atoms with Gasteiger partial charge in [0.2, 0.25) is 0 Å². The van der Waals surface area contributed by atoms with Crippen LogP contribution < -0.4 is 0 Å². The van der Waals surface area contributed by atoms with Gasteiger partial charge in [0, 0.05) is 18.3 Å². The molecular weight excluding hydrogens is 324 g/mol. The van der Waals surface area contributed by atoms with Gasteiger partial charge in [0.05, 0.1) is 15.4 Å². The molecule has 8 nitrogen and oxygen atoms in total. The van der Waals surface area contributed by atoms with Gasteiger partial charge in [-0.2, -0.15) is 12.8 Å². The van der Waals surface area contributed by atoms with Crippen LogP contribution in [0.15, 0.2) is 57.8 Å². The SMILES string of the molecule is O=C(O)c1ccc(C=NS(=O)(=O)c2ccc([N+](=O)[O-])cc2)cc1. The van der Waals surface area contributed by atoms with Crippen molar-refractivity contribution in [2.45, 2.75) is 4.90 Å². The van der Waals surface area contributed by atoms with E-state index in [0.717, 1.165) is 30.5 Å². The Balaban J connectivity index is 2.22. The van der Waals surface area contributed by atoms with Gasteiger partial charge in [0.25, 0.3) is 15.7 Å². The molecule has 9 heteroatoms. The number of hydrogen-bond donors (Lipinski definition) is 1. The number of hydrogen-bond acceptors (Lipinski definition) is 5.